The van der Waals surface area contributed by atoms with Crippen molar-refractivity contribution in [3.63, 3.8) is 0 Å². The fourth-order valence-corrected chi connectivity index (χ4v) is 0.899. The molecular formula is C8H7ClFNO2. The first-order chi connectivity index (χ1) is 6.24. The SMILES string of the molecule is O=CCONc1ccc(F)c(Cl)c1. The highest BCUT2D eigenvalue weighted by atomic mass is 35.5. The fourth-order valence-electron chi connectivity index (χ4n) is 0.719. The molecule has 0 aliphatic carbocycles. The molecule has 70 valence electrons. The maximum absolute atomic E-state index is 12.6. The second kappa shape index (κ2) is 4.79. The van der Waals surface area contributed by atoms with Crippen LogP contribution in [0.3, 0.4) is 0 Å². The van der Waals surface area contributed by atoms with E-state index in [2.05, 4.69) is 10.3 Å². The normalized spacial score (nSPS) is 9.69. The molecule has 0 fully saturated rings. The third kappa shape index (κ3) is 3.01. The summed E-state index contributed by atoms with van der Waals surface area (Å²) in [6, 6.07) is 4.02. The second-order valence-electron chi connectivity index (χ2n) is 2.21. The third-order valence-corrected chi connectivity index (χ3v) is 1.55. The zero-order chi connectivity index (χ0) is 9.68. The van der Waals surface area contributed by atoms with E-state index < -0.39 is 5.82 Å². The van der Waals surface area contributed by atoms with Gasteiger partial charge in [-0.1, -0.05) is 11.6 Å². The van der Waals surface area contributed by atoms with Crippen molar-refractivity contribution >= 4 is 23.6 Å². The monoisotopic (exact) mass is 203 g/mol. The molecule has 3 nitrogen and oxygen atoms in total. The van der Waals surface area contributed by atoms with Gasteiger partial charge in [0.25, 0.3) is 0 Å². The topological polar surface area (TPSA) is 38.3 Å². The van der Waals surface area contributed by atoms with Gasteiger partial charge in [-0.05, 0) is 18.2 Å². The van der Waals surface area contributed by atoms with Crippen LogP contribution in [-0.2, 0) is 9.63 Å². The maximum Gasteiger partial charge on any atom is 0.148 e. The van der Waals surface area contributed by atoms with E-state index in [0.29, 0.717) is 12.0 Å². The zero-order valence-electron chi connectivity index (χ0n) is 6.59. The Hall–Kier alpha value is -1.13. The van der Waals surface area contributed by atoms with E-state index in [1.165, 1.54) is 18.2 Å². The number of nitrogens with one attached hydrogen (secondary N) is 1. The summed E-state index contributed by atoms with van der Waals surface area (Å²) in [5, 5.41) is -0.000275. The van der Waals surface area contributed by atoms with E-state index in [0.717, 1.165) is 0 Å². The summed E-state index contributed by atoms with van der Waals surface area (Å²) in [5.74, 6) is -0.498. The van der Waals surface area contributed by atoms with Crippen LogP contribution in [0, 0.1) is 5.82 Å². The Kier molecular flexibility index (Phi) is 3.67. The Morgan fingerprint density at radius 1 is 1.62 bits per heavy atom. The van der Waals surface area contributed by atoms with Crippen LogP contribution in [0.25, 0.3) is 0 Å². The molecule has 1 N–H and O–H groups in total. The molecule has 1 aromatic carbocycles. The highest BCUT2D eigenvalue weighted by molar-refractivity contribution is 6.31. The molecular weight excluding hydrogens is 197 g/mol. The molecule has 0 saturated carbocycles. The molecule has 1 aromatic rings. The molecule has 0 amide bonds. The van der Waals surface area contributed by atoms with Crippen LogP contribution < -0.4 is 5.48 Å². The average molecular weight is 204 g/mol. The van der Waals surface area contributed by atoms with Crippen molar-refractivity contribution in [2.75, 3.05) is 12.1 Å². The molecule has 0 radical (unpaired) electrons. The van der Waals surface area contributed by atoms with Crippen LogP contribution in [0.4, 0.5) is 10.1 Å². The Labute approximate surface area is 79.4 Å². The summed E-state index contributed by atoms with van der Waals surface area (Å²) in [6.07, 6.45) is 0.595. The average Bonchev–Trinajstić information content (AvgIpc) is 2.12. The van der Waals surface area contributed by atoms with Gasteiger partial charge in [0.05, 0.1) is 10.7 Å². The van der Waals surface area contributed by atoms with Crippen molar-refractivity contribution in [1.82, 2.24) is 0 Å². The fraction of sp³-hybridized carbons (Fsp3) is 0.125. The molecule has 5 heteroatoms. The van der Waals surface area contributed by atoms with Crippen molar-refractivity contribution in [3.05, 3.63) is 29.0 Å². The quantitative estimate of drug-likeness (QED) is 0.462. The van der Waals surface area contributed by atoms with Crippen LogP contribution in [-0.4, -0.2) is 12.9 Å². The first kappa shape index (κ1) is 9.95. The van der Waals surface area contributed by atoms with Gasteiger partial charge < -0.3 is 4.79 Å². The van der Waals surface area contributed by atoms with Gasteiger partial charge in [0.2, 0.25) is 0 Å². The molecule has 0 aromatic heterocycles. The number of carbonyl (C=O) groups excluding carboxylic acids is 1. The van der Waals surface area contributed by atoms with Crippen molar-refractivity contribution in [2.24, 2.45) is 0 Å². The molecule has 0 spiro atoms. The molecule has 0 aliphatic rings. The van der Waals surface area contributed by atoms with Crippen molar-refractivity contribution < 1.29 is 14.0 Å². The highest BCUT2D eigenvalue weighted by Crippen LogP contribution is 2.18. The minimum atomic E-state index is -0.498. The Bertz CT molecular complexity index is 306. The molecule has 0 aliphatic heterocycles. The van der Waals surface area contributed by atoms with E-state index in [-0.39, 0.29) is 11.6 Å². The number of carbonyl (C=O) groups is 1. The lowest BCUT2D eigenvalue weighted by Crippen LogP contribution is -2.03. The zero-order valence-corrected chi connectivity index (χ0v) is 7.34. The number of anilines is 1. The largest absolute Gasteiger partial charge is 0.301 e. The maximum atomic E-state index is 12.6. The lowest BCUT2D eigenvalue weighted by atomic mass is 10.3. The first-order valence-corrected chi connectivity index (χ1v) is 3.88. The predicted molar refractivity (Wildman–Crippen MR) is 47.0 cm³/mol. The van der Waals surface area contributed by atoms with E-state index in [9.17, 15) is 9.18 Å². The lowest BCUT2D eigenvalue weighted by molar-refractivity contribution is -0.111. The van der Waals surface area contributed by atoms with Gasteiger partial charge >= 0.3 is 0 Å². The smallest absolute Gasteiger partial charge is 0.148 e. The van der Waals surface area contributed by atoms with Gasteiger partial charge in [0, 0.05) is 0 Å². The predicted octanol–water partition coefficient (Wildman–Crippen LogP) is 2.02. The van der Waals surface area contributed by atoms with Crippen molar-refractivity contribution in [1.29, 1.82) is 0 Å². The van der Waals surface area contributed by atoms with E-state index in [1.807, 2.05) is 0 Å². The minimum absolute atomic E-state index is 0.000275. The Morgan fingerprint density at radius 3 is 3.00 bits per heavy atom. The van der Waals surface area contributed by atoms with Gasteiger partial charge in [-0.15, -0.1) is 0 Å². The summed E-state index contributed by atoms with van der Waals surface area (Å²) in [5.41, 5.74) is 2.92. The summed E-state index contributed by atoms with van der Waals surface area (Å²) in [7, 11) is 0. The van der Waals surface area contributed by atoms with Crippen LogP contribution in [0.5, 0.6) is 0 Å². The van der Waals surface area contributed by atoms with Crippen molar-refractivity contribution in [2.45, 2.75) is 0 Å². The number of hydrogen-bond donors (Lipinski definition) is 1. The molecule has 0 heterocycles. The standard InChI is InChI=1S/C8H7ClFNO2/c9-7-5-6(1-2-8(7)10)11-13-4-3-12/h1-3,5,11H,4H2. The lowest BCUT2D eigenvalue weighted by Gasteiger charge is -2.04. The van der Waals surface area contributed by atoms with Crippen LogP contribution >= 0.6 is 11.6 Å². The molecule has 0 saturated heterocycles. The molecule has 13 heavy (non-hydrogen) atoms. The minimum Gasteiger partial charge on any atom is -0.301 e. The van der Waals surface area contributed by atoms with Crippen LogP contribution in [0.15, 0.2) is 18.2 Å². The van der Waals surface area contributed by atoms with E-state index in [4.69, 9.17) is 11.6 Å². The number of rotatable bonds is 4. The van der Waals surface area contributed by atoms with Crippen LogP contribution in [0.1, 0.15) is 0 Å². The summed E-state index contributed by atoms with van der Waals surface area (Å²) < 4.78 is 12.6. The van der Waals surface area contributed by atoms with Gasteiger partial charge in [0.1, 0.15) is 18.7 Å². The van der Waals surface area contributed by atoms with Crippen LogP contribution in [0.2, 0.25) is 5.02 Å². The Morgan fingerprint density at radius 2 is 2.38 bits per heavy atom. The van der Waals surface area contributed by atoms with Gasteiger partial charge in [-0.3, -0.25) is 10.3 Å². The number of halogens is 2. The number of aldehydes is 1. The van der Waals surface area contributed by atoms with Gasteiger partial charge in [-0.25, -0.2) is 4.39 Å². The van der Waals surface area contributed by atoms with E-state index >= 15 is 0 Å². The number of benzene rings is 1. The summed E-state index contributed by atoms with van der Waals surface area (Å²) >= 11 is 5.49. The molecule has 1 rings (SSSR count). The highest BCUT2D eigenvalue weighted by Gasteiger charge is 1.99. The second-order valence-corrected chi connectivity index (χ2v) is 2.62. The number of hydrogen-bond acceptors (Lipinski definition) is 3. The third-order valence-electron chi connectivity index (χ3n) is 1.26. The Balaban J connectivity index is 2.57. The first-order valence-electron chi connectivity index (χ1n) is 3.50. The van der Waals surface area contributed by atoms with Gasteiger partial charge in [-0.2, -0.15) is 0 Å². The molecule has 0 unspecified atom stereocenters. The molecule has 0 atom stereocenters. The van der Waals surface area contributed by atoms with Crippen molar-refractivity contribution in [3.8, 4) is 0 Å². The van der Waals surface area contributed by atoms with Gasteiger partial charge in [0.15, 0.2) is 0 Å². The molecule has 0 bridgehead atoms. The van der Waals surface area contributed by atoms with E-state index in [1.54, 1.807) is 0 Å². The summed E-state index contributed by atoms with van der Waals surface area (Å²) in [6.45, 7) is -0.0744. The summed E-state index contributed by atoms with van der Waals surface area (Å²) in [4.78, 5) is 14.5.